The van der Waals surface area contributed by atoms with Crippen molar-refractivity contribution in [3.63, 3.8) is 0 Å². The average molecular weight is 360 g/mol. The van der Waals surface area contributed by atoms with Gasteiger partial charge in [0.1, 0.15) is 28.7 Å². The normalized spacial score (nSPS) is 16.2. The summed E-state index contributed by atoms with van der Waals surface area (Å²) in [6.45, 7) is 4.30. The van der Waals surface area contributed by atoms with Crippen LogP contribution in [0.2, 0.25) is 0 Å². The van der Waals surface area contributed by atoms with Crippen molar-refractivity contribution in [3.8, 4) is 11.5 Å². The van der Waals surface area contributed by atoms with Crippen LogP contribution in [0.5, 0.6) is 11.5 Å². The molecule has 6 nitrogen and oxygen atoms in total. The zero-order valence-corrected chi connectivity index (χ0v) is 15.0. The molecular weight excluding hydrogens is 340 g/mol. The minimum absolute atomic E-state index is 0.192. The Morgan fingerprint density at radius 1 is 1.12 bits per heavy atom. The van der Waals surface area contributed by atoms with E-state index in [4.69, 9.17) is 9.47 Å². The van der Waals surface area contributed by atoms with Crippen molar-refractivity contribution in [2.45, 2.75) is 11.8 Å². The molecule has 2 aliphatic rings. The molecule has 0 atom stereocenters. The standard InChI is InChI=1S/C18H20N2O4S/c1-13-6-7-15(23-2)17(12-13)25(21,22)20-9-8-19-10-11-24-16-5-3-4-14(20)18(16)19/h3-7,12H,8-11H2,1-2H3. The SMILES string of the molecule is COc1ccc(C)cc1S(=O)(=O)N1CCN2CCOc3cccc1c32. The number of benzene rings is 2. The maximum absolute atomic E-state index is 13.4. The van der Waals surface area contributed by atoms with Crippen molar-refractivity contribution in [2.24, 2.45) is 0 Å². The summed E-state index contributed by atoms with van der Waals surface area (Å²) in [5.41, 5.74) is 2.39. The second kappa shape index (κ2) is 5.84. The fourth-order valence-electron chi connectivity index (χ4n) is 3.43. The number of hydrogen-bond donors (Lipinski definition) is 0. The van der Waals surface area contributed by atoms with Gasteiger partial charge in [-0.15, -0.1) is 0 Å². The van der Waals surface area contributed by atoms with E-state index >= 15 is 0 Å². The molecule has 0 N–H and O–H groups in total. The minimum Gasteiger partial charge on any atom is -0.495 e. The lowest BCUT2D eigenvalue weighted by Crippen LogP contribution is -2.46. The third-order valence-corrected chi connectivity index (χ3v) is 6.48. The average Bonchev–Trinajstić information content (AvgIpc) is 2.62. The number of para-hydroxylation sites is 1. The molecule has 0 spiro atoms. The largest absolute Gasteiger partial charge is 0.495 e. The lowest BCUT2D eigenvalue weighted by molar-refractivity contribution is 0.307. The summed E-state index contributed by atoms with van der Waals surface area (Å²) in [5.74, 6) is 1.09. The van der Waals surface area contributed by atoms with Crippen LogP contribution >= 0.6 is 0 Å². The second-order valence-electron chi connectivity index (χ2n) is 6.19. The summed E-state index contributed by atoms with van der Waals surface area (Å²) < 4.78 is 39.3. The van der Waals surface area contributed by atoms with Crippen molar-refractivity contribution in [1.82, 2.24) is 0 Å². The van der Waals surface area contributed by atoms with Crippen molar-refractivity contribution in [1.29, 1.82) is 0 Å². The minimum atomic E-state index is -3.74. The second-order valence-corrected chi connectivity index (χ2v) is 8.02. The van der Waals surface area contributed by atoms with Crippen molar-refractivity contribution < 1.29 is 17.9 Å². The van der Waals surface area contributed by atoms with Gasteiger partial charge in [0.2, 0.25) is 0 Å². The molecule has 2 aromatic rings. The smallest absolute Gasteiger partial charge is 0.268 e. The van der Waals surface area contributed by atoms with E-state index < -0.39 is 10.0 Å². The first-order chi connectivity index (χ1) is 12.0. The zero-order valence-electron chi connectivity index (χ0n) is 14.2. The molecule has 2 aromatic carbocycles. The molecule has 0 radical (unpaired) electrons. The van der Waals surface area contributed by atoms with E-state index in [1.165, 1.54) is 11.4 Å². The van der Waals surface area contributed by atoms with E-state index in [1.807, 2.05) is 31.2 Å². The van der Waals surface area contributed by atoms with E-state index in [0.717, 1.165) is 23.5 Å². The van der Waals surface area contributed by atoms with Gasteiger partial charge in [-0.05, 0) is 36.8 Å². The lowest BCUT2D eigenvalue weighted by atomic mass is 10.1. The van der Waals surface area contributed by atoms with Crippen LogP contribution in [0, 0.1) is 6.92 Å². The number of anilines is 2. The number of sulfonamides is 1. The summed E-state index contributed by atoms with van der Waals surface area (Å²) in [4.78, 5) is 2.38. The van der Waals surface area contributed by atoms with Gasteiger partial charge in [0.15, 0.2) is 0 Å². The van der Waals surface area contributed by atoms with Crippen LogP contribution in [-0.2, 0) is 10.0 Å². The highest BCUT2D eigenvalue weighted by Crippen LogP contribution is 2.45. The number of ether oxygens (including phenoxy) is 2. The number of hydrogen-bond acceptors (Lipinski definition) is 5. The van der Waals surface area contributed by atoms with Gasteiger partial charge >= 0.3 is 0 Å². The van der Waals surface area contributed by atoms with Crippen LogP contribution in [-0.4, -0.2) is 41.8 Å². The Kier molecular flexibility index (Phi) is 3.76. The Balaban J connectivity index is 1.87. The first-order valence-electron chi connectivity index (χ1n) is 8.20. The molecule has 2 aliphatic heterocycles. The van der Waals surface area contributed by atoms with Crippen LogP contribution in [0.15, 0.2) is 41.3 Å². The molecule has 0 amide bonds. The van der Waals surface area contributed by atoms with Crippen LogP contribution in [0.3, 0.4) is 0 Å². The van der Waals surface area contributed by atoms with Gasteiger partial charge in [0, 0.05) is 6.54 Å². The third-order valence-electron chi connectivity index (χ3n) is 4.64. The first-order valence-corrected chi connectivity index (χ1v) is 9.64. The lowest BCUT2D eigenvalue weighted by Gasteiger charge is -2.41. The van der Waals surface area contributed by atoms with Gasteiger partial charge in [-0.1, -0.05) is 12.1 Å². The molecule has 0 saturated carbocycles. The third kappa shape index (κ3) is 2.50. The summed E-state index contributed by atoms with van der Waals surface area (Å²) in [6.07, 6.45) is 0. The van der Waals surface area contributed by atoms with Crippen LogP contribution < -0.4 is 18.7 Å². The fourth-order valence-corrected chi connectivity index (χ4v) is 5.14. The molecule has 2 heterocycles. The molecule has 0 aliphatic carbocycles. The Bertz CT molecular complexity index is 927. The van der Waals surface area contributed by atoms with E-state index in [9.17, 15) is 8.42 Å². The molecular formula is C18H20N2O4S. The van der Waals surface area contributed by atoms with Crippen molar-refractivity contribution in [3.05, 3.63) is 42.0 Å². The summed E-state index contributed by atoms with van der Waals surface area (Å²) in [7, 11) is -2.25. The first kappa shape index (κ1) is 16.1. The maximum atomic E-state index is 13.4. The Morgan fingerprint density at radius 2 is 1.96 bits per heavy atom. The molecule has 0 bridgehead atoms. The monoisotopic (exact) mass is 360 g/mol. The maximum Gasteiger partial charge on any atom is 0.268 e. The van der Waals surface area contributed by atoms with Crippen molar-refractivity contribution >= 4 is 21.4 Å². The fraction of sp³-hybridized carbons (Fsp3) is 0.333. The highest BCUT2D eigenvalue weighted by atomic mass is 32.2. The molecule has 0 fully saturated rings. The van der Waals surface area contributed by atoms with Gasteiger partial charge in [0.25, 0.3) is 10.0 Å². The van der Waals surface area contributed by atoms with Crippen LogP contribution in [0.4, 0.5) is 11.4 Å². The van der Waals surface area contributed by atoms with Crippen LogP contribution in [0.25, 0.3) is 0 Å². The molecule has 25 heavy (non-hydrogen) atoms. The van der Waals surface area contributed by atoms with E-state index in [-0.39, 0.29) is 4.90 Å². The number of methoxy groups -OCH3 is 1. The molecule has 132 valence electrons. The van der Waals surface area contributed by atoms with Gasteiger partial charge in [-0.25, -0.2) is 8.42 Å². The molecule has 7 heteroatoms. The number of nitrogens with zero attached hydrogens (tertiary/aromatic N) is 2. The molecule has 0 unspecified atom stereocenters. The highest BCUT2D eigenvalue weighted by molar-refractivity contribution is 7.93. The molecule has 0 saturated heterocycles. The topological polar surface area (TPSA) is 59.1 Å². The molecule has 0 aromatic heterocycles. The summed E-state index contributed by atoms with van der Waals surface area (Å²) >= 11 is 0. The van der Waals surface area contributed by atoms with Gasteiger partial charge < -0.3 is 14.4 Å². The summed E-state index contributed by atoms with van der Waals surface area (Å²) in [5, 5.41) is 0. The van der Waals surface area contributed by atoms with Crippen LogP contribution in [0.1, 0.15) is 5.56 Å². The van der Waals surface area contributed by atoms with Gasteiger partial charge in [0.05, 0.1) is 25.9 Å². The quantitative estimate of drug-likeness (QED) is 0.841. The molecule has 4 rings (SSSR count). The van der Waals surface area contributed by atoms with E-state index in [2.05, 4.69) is 4.90 Å². The van der Waals surface area contributed by atoms with Gasteiger partial charge in [-0.3, -0.25) is 4.31 Å². The van der Waals surface area contributed by atoms with E-state index in [1.54, 1.807) is 12.1 Å². The Labute approximate surface area is 147 Å². The Hall–Kier alpha value is -2.41. The predicted octanol–water partition coefficient (Wildman–Crippen LogP) is 2.41. The highest BCUT2D eigenvalue weighted by Gasteiger charge is 2.36. The number of rotatable bonds is 3. The zero-order chi connectivity index (χ0) is 17.6. The number of aryl methyl sites for hydroxylation is 1. The summed E-state index contributed by atoms with van der Waals surface area (Å²) in [6, 6.07) is 10.7. The van der Waals surface area contributed by atoms with Gasteiger partial charge in [-0.2, -0.15) is 0 Å². The van der Waals surface area contributed by atoms with Crippen molar-refractivity contribution in [2.75, 3.05) is 42.6 Å². The Morgan fingerprint density at radius 3 is 2.76 bits per heavy atom. The predicted molar refractivity (Wildman–Crippen MR) is 96.4 cm³/mol. The van der Waals surface area contributed by atoms with E-state index in [0.29, 0.717) is 31.1 Å².